The summed E-state index contributed by atoms with van der Waals surface area (Å²) in [6, 6.07) is 9.99. The fourth-order valence-corrected chi connectivity index (χ4v) is 2.60. The number of benzene rings is 1. The molecule has 0 radical (unpaired) electrons. The zero-order valence-electron chi connectivity index (χ0n) is 11.5. The van der Waals surface area contributed by atoms with Gasteiger partial charge in [-0.05, 0) is 30.5 Å². The highest BCUT2D eigenvalue weighted by Crippen LogP contribution is 2.22. The Hall–Kier alpha value is -2.36. The van der Waals surface area contributed by atoms with Crippen molar-refractivity contribution in [1.82, 2.24) is 9.88 Å². The highest BCUT2D eigenvalue weighted by atomic mass is 16.2. The smallest absolute Gasteiger partial charge is 0.257 e. The minimum absolute atomic E-state index is 0.0375. The van der Waals surface area contributed by atoms with Gasteiger partial charge in [0.15, 0.2) is 0 Å². The average molecular weight is 267 g/mol. The van der Waals surface area contributed by atoms with Gasteiger partial charge in [-0.1, -0.05) is 24.3 Å². The molecular formula is C16H17N3O. The van der Waals surface area contributed by atoms with E-state index in [1.807, 2.05) is 24.0 Å². The van der Waals surface area contributed by atoms with Gasteiger partial charge in [0.2, 0.25) is 0 Å². The quantitative estimate of drug-likeness (QED) is 0.861. The monoisotopic (exact) mass is 267 g/mol. The molecule has 1 amide bonds. The summed E-state index contributed by atoms with van der Waals surface area (Å²) < 4.78 is 0. The maximum atomic E-state index is 12.5. The molecule has 1 aliphatic rings. The molecule has 1 aliphatic heterocycles. The number of nitrogens with zero attached hydrogens (tertiary/aromatic N) is 2. The van der Waals surface area contributed by atoms with E-state index in [9.17, 15) is 4.79 Å². The fraction of sp³-hybridized carbons (Fsp3) is 0.250. The van der Waals surface area contributed by atoms with Gasteiger partial charge in [0, 0.05) is 30.7 Å². The van der Waals surface area contributed by atoms with Crippen molar-refractivity contribution in [2.45, 2.75) is 19.9 Å². The molecular weight excluding hydrogens is 250 g/mol. The molecule has 0 spiro atoms. The van der Waals surface area contributed by atoms with Gasteiger partial charge in [-0.25, -0.2) is 0 Å². The van der Waals surface area contributed by atoms with E-state index in [0.29, 0.717) is 17.8 Å². The lowest BCUT2D eigenvalue weighted by atomic mass is 9.99. The predicted octanol–water partition coefficient (Wildman–Crippen LogP) is 2.17. The summed E-state index contributed by atoms with van der Waals surface area (Å²) in [5, 5.41) is 0. The Morgan fingerprint density at radius 3 is 2.80 bits per heavy atom. The molecule has 2 N–H and O–H groups in total. The number of hydrogen-bond donors (Lipinski definition) is 1. The van der Waals surface area contributed by atoms with Gasteiger partial charge in [0.05, 0.1) is 5.56 Å². The molecule has 0 aliphatic carbocycles. The van der Waals surface area contributed by atoms with Crippen LogP contribution >= 0.6 is 0 Å². The third-order valence-electron chi connectivity index (χ3n) is 3.72. The molecule has 0 unspecified atom stereocenters. The third-order valence-corrected chi connectivity index (χ3v) is 3.72. The lowest BCUT2D eigenvalue weighted by Crippen LogP contribution is -2.36. The molecule has 0 bridgehead atoms. The Morgan fingerprint density at radius 1 is 1.30 bits per heavy atom. The number of carbonyl (C=O) groups is 1. The molecule has 0 saturated heterocycles. The molecule has 102 valence electrons. The Morgan fingerprint density at radius 2 is 2.05 bits per heavy atom. The van der Waals surface area contributed by atoms with Crippen LogP contribution in [0.4, 0.5) is 5.69 Å². The van der Waals surface area contributed by atoms with Crippen molar-refractivity contribution in [3.8, 4) is 0 Å². The number of aromatic nitrogens is 1. The fourth-order valence-electron chi connectivity index (χ4n) is 2.60. The van der Waals surface area contributed by atoms with Crippen LogP contribution in [-0.4, -0.2) is 22.3 Å². The van der Waals surface area contributed by atoms with Gasteiger partial charge in [-0.2, -0.15) is 0 Å². The number of rotatable bonds is 1. The number of amides is 1. The Kier molecular flexibility index (Phi) is 3.14. The standard InChI is InChI=1S/C16H17N3O/c1-11-8-15(17)14(9-18-11)16(20)19-7-6-12-4-2-3-5-13(12)10-19/h2-5,8-9H,6-7,10H2,1H3,(H2,17,18). The summed E-state index contributed by atoms with van der Waals surface area (Å²) in [7, 11) is 0. The van der Waals surface area contributed by atoms with Crippen molar-refractivity contribution < 1.29 is 4.79 Å². The van der Waals surface area contributed by atoms with Crippen molar-refractivity contribution in [1.29, 1.82) is 0 Å². The first-order valence-corrected chi connectivity index (χ1v) is 6.73. The van der Waals surface area contributed by atoms with Gasteiger partial charge in [-0.3, -0.25) is 9.78 Å². The first-order chi connectivity index (χ1) is 9.65. The second-order valence-electron chi connectivity index (χ2n) is 5.16. The molecule has 2 heterocycles. The van der Waals surface area contributed by atoms with Crippen molar-refractivity contribution in [2.24, 2.45) is 0 Å². The molecule has 0 saturated carbocycles. The number of pyridine rings is 1. The van der Waals surface area contributed by atoms with Crippen LogP contribution in [0.1, 0.15) is 27.2 Å². The number of aryl methyl sites for hydroxylation is 1. The lowest BCUT2D eigenvalue weighted by Gasteiger charge is -2.29. The number of hydrogen-bond acceptors (Lipinski definition) is 3. The minimum Gasteiger partial charge on any atom is -0.398 e. The van der Waals surface area contributed by atoms with Gasteiger partial charge < -0.3 is 10.6 Å². The topological polar surface area (TPSA) is 59.2 Å². The van der Waals surface area contributed by atoms with Crippen molar-refractivity contribution in [3.63, 3.8) is 0 Å². The number of anilines is 1. The zero-order chi connectivity index (χ0) is 14.1. The van der Waals surface area contributed by atoms with Crippen LogP contribution in [0.2, 0.25) is 0 Å². The number of fused-ring (bicyclic) bond motifs is 1. The molecule has 4 nitrogen and oxygen atoms in total. The number of nitrogens with two attached hydrogens (primary N) is 1. The molecule has 2 aromatic rings. The molecule has 1 aromatic carbocycles. The summed E-state index contributed by atoms with van der Waals surface area (Å²) >= 11 is 0. The first kappa shape index (κ1) is 12.7. The second kappa shape index (κ2) is 4.96. The predicted molar refractivity (Wildman–Crippen MR) is 78.3 cm³/mol. The summed E-state index contributed by atoms with van der Waals surface area (Å²) in [4.78, 5) is 18.6. The largest absolute Gasteiger partial charge is 0.398 e. The SMILES string of the molecule is Cc1cc(N)c(C(=O)N2CCc3ccccc3C2)cn1. The van der Waals surface area contributed by atoms with E-state index in [-0.39, 0.29) is 5.91 Å². The average Bonchev–Trinajstić information content (AvgIpc) is 2.46. The van der Waals surface area contributed by atoms with Crippen molar-refractivity contribution >= 4 is 11.6 Å². The highest BCUT2D eigenvalue weighted by molar-refractivity contribution is 5.98. The number of carbonyl (C=O) groups excluding carboxylic acids is 1. The Bertz CT molecular complexity index is 667. The second-order valence-corrected chi connectivity index (χ2v) is 5.16. The Balaban J connectivity index is 1.86. The molecule has 0 fully saturated rings. The van der Waals surface area contributed by atoms with Gasteiger partial charge in [0.1, 0.15) is 0 Å². The van der Waals surface area contributed by atoms with E-state index < -0.39 is 0 Å². The maximum Gasteiger partial charge on any atom is 0.257 e. The number of nitrogen functional groups attached to an aromatic ring is 1. The first-order valence-electron chi connectivity index (χ1n) is 6.73. The van der Waals surface area contributed by atoms with Crippen LogP contribution in [0.25, 0.3) is 0 Å². The van der Waals surface area contributed by atoms with E-state index in [4.69, 9.17) is 5.73 Å². The van der Waals surface area contributed by atoms with Gasteiger partial charge in [-0.15, -0.1) is 0 Å². The van der Waals surface area contributed by atoms with E-state index in [0.717, 1.165) is 18.7 Å². The molecule has 4 heteroatoms. The maximum absolute atomic E-state index is 12.5. The van der Waals surface area contributed by atoms with Crippen LogP contribution in [0.5, 0.6) is 0 Å². The van der Waals surface area contributed by atoms with Crippen LogP contribution in [0, 0.1) is 6.92 Å². The highest BCUT2D eigenvalue weighted by Gasteiger charge is 2.23. The normalized spacial score (nSPS) is 13.9. The Labute approximate surface area is 118 Å². The summed E-state index contributed by atoms with van der Waals surface area (Å²) in [6.45, 7) is 3.23. The van der Waals surface area contributed by atoms with Crippen LogP contribution < -0.4 is 5.73 Å². The van der Waals surface area contributed by atoms with E-state index in [2.05, 4.69) is 17.1 Å². The van der Waals surface area contributed by atoms with Crippen LogP contribution in [0.15, 0.2) is 36.5 Å². The molecule has 3 rings (SSSR count). The van der Waals surface area contributed by atoms with Crippen molar-refractivity contribution in [3.05, 3.63) is 58.9 Å². The lowest BCUT2D eigenvalue weighted by molar-refractivity contribution is 0.0735. The molecule has 0 atom stereocenters. The van der Waals surface area contributed by atoms with E-state index in [1.165, 1.54) is 11.1 Å². The van der Waals surface area contributed by atoms with E-state index in [1.54, 1.807) is 12.3 Å². The molecule has 1 aromatic heterocycles. The van der Waals surface area contributed by atoms with E-state index >= 15 is 0 Å². The third kappa shape index (κ3) is 2.25. The van der Waals surface area contributed by atoms with Gasteiger partial charge >= 0.3 is 0 Å². The van der Waals surface area contributed by atoms with Gasteiger partial charge in [0.25, 0.3) is 5.91 Å². The minimum atomic E-state index is -0.0375. The zero-order valence-corrected chi connectivity index (χ0v) is 11.5. The van der Waals surface area contributed by atoms with Crippen molar-refractivity contribution in [2.75, 3.05) is 12.3 Å². The summed E-state index contributed by atoms with van der Waals surface area (Å²) in [6.07, 6.45) is 2.47. The molecule has 20 heavy (non-hydrogen) atoms. The summed E-state index contributed by atoms with van der Waals surface area (Å²) in [5.74, 6) is -0.0375. The van der Waals surface area contributed by atoms with Crippen LogP contribution in [0.3, 0.4) is 0 Å². The summed E-state index contributed by atoms with van der Waals surface area (Å²) in [5.41, 5.74) is 10.3. The van der Waals surface area contributed by atoms with Crippen LogP contribution in [-0.2, 0) is 13.0 Å².